The molecule has 27 heavy (non-hydrogen) atoms. The van der Waals surface area contributed by atoms with Gasteiger partial charge in [-0.3, -0.25) is 9.59 Å². The molecule has 0 atom stereocenters. The number of carbonyl (C=O) groups excluding carboxylic acids is 2. The molecule has 150 valence electrons. The highest BCUT2D eigenvalue weighted by molar-refractivity contribution is 5.82. The van der Waals surface area contributed by atoms with Gasteiger partial charge in [-0.2, -0.15) is 0 Å². The van der Waals surface area contributed by atoms with Gasteiger partial charge < -0.3 is 15.0 Å². The first kappa shape index (κ1) is 21.3. The Kier molecular flexibility index (Phi) is 7.28. The van der Waals surface area contributed by atoms with Crippen LogP contribution in [-0.2, 0) is 16.1 Å². The summed E-state index contributed by atoms with van der Waals surface area (Å²) in [6, 6.07) is 7.86. The lowest BCUT2D eigenvalue weighted by molar-refractivity contribution is -0.142. The van der Waals surface area contributed by atoms with Crippen molar-refractivity contribution in [2.75, 3.05) is 19.7 Å². The zero-order valence-corrected chi connectivity index (χ0v) is 17.4. The average Bonchev–Trinajstić information content (AvgIpc) is 2.63. The van der Waals surface area contributed by atoms with Crippen molar-refractivity contribution in [2.24, 2.45) is 17.3 Å². The smallest absolute Gasteiger partial charge is 0.227 e. The van der Waals surface area contributed by atoms with Crippen molar-refractivity contribution >= 4 is 11.8 Å². The van der Waals surface area contributed by atoms with Crippen LogP contribution < -0.4 is 10.1 Å². The number of hydrogen-bond donors (Lipinski definition) is 1. The summed E-state index contributed by atoms with van der Waals surface area (Å²) in [6.07, 6.45) is 1.45. The van der Waals surface area contributed by atoms with Gasteiger partial charge in [0.25, 0.3) is 0 Å². The molecule has 0 unspecified atom stereocenters. The van der Waals surface area contributed by atoms with Crippen LogP contribution >= 0.6 is 0 Å². The van der Waals surface area contributed by atoms with Gasteiger partial charge in [0.1, 0.15) is 5.75 Å². The van der Waals surface area contributed by atoms with Crippen molar-refractivity contribution in [3.63, 3.8) is 0 Å². The van der Waals surface area contributed by atoms with E-state index in [0.717, 1.165) is 24.2 Å². The second-order valence-corrected chi connectivity index (χ2v) is 8.89. The Hall–Kier alpha value is -2.04. The molecule has 1 aromatic rings. The lowest BCUT2D eigenvalue weighted by atomic mass is 9.90. The molecule has 0 spiro atoms. The van der Waals surface area contributed by atoms with Crippen molar-refractivity contribution in [3.05, 3.63) is 29.8 Å². The molecule has 5 heteroatoms. The molecule has 1 aliphatic heterocycles. The van der Waals surface area contributed by atoms with E-state index in [9.17, 15) is 9.59 Å². The van der Waals surface area contributed by atoms with Crippen molar-refractivity contribution in [1.82, 2.24) is 10.2 Å². The maximum absolute atomic E-state index is 12.5. The van der Waals surface area contributed by atoms with Crippen molar-refractivity contribution in [3.8, 4) is 5.75 Å². The maximum Gasteiger partial charge on any atom is 0.227 e. The molecule has 0 bridgehead atoms. The highest BCUT2D eigenvalue weighted by atomic mass is 16.5. The minimum Gasteiger partial charge on any atom is -0.493 e. The third-order valence-electron chi connectivity index (χ3n) is 4.74. The van der Waals surface area contributed by atoms with Gasteiger partial charge in [-0.25, -0.2) is 0 Å². The van der Waals surface area contributed by atoms with E-state index in [1.54, 1.807) is 0 Å². The number of nitrogens with zero attached hydrogens (tertiary/aromatic N) is 1. The first-order valence-electron chi connectivity index (χ1n) is 9.95. The van der Waals surface area contributed by atoms with Gasteiger partial charge in [-0.05, 0) is 36.5 Å². The molecule has 1 aliphatic rings. The number of nitrogens with one attached hydrogen (secondary N) is 1. The molecular weight excluding hydrogens is 340 g/mol. The van der Waals surface area contributed by atoms with Crippen molar-refractivity contribution in [2.45, 2.75) is 54.0 Å². The summed E-state index contributed by atoms with van der Waals surface area (Å²) >= 11 is 0. The van der Waals surface area contributed by atoms with Crippen LogP contribution in [-0.4, -0.2) is 36.4 Å². The van der Waals surface area contributed by atoms with Crippen LogP contribution in [0.5, 0.6) is 5.75 Å². The Morgan fingerprint density at radius 3 is 2.48 bits per heavy atom. The van der Waals surface area contributed by atoms with Gasteiger partial charge in [0.05, 0.1) is 6.61 Å². The number of piperidine rings is 1. The summed E-state index contributed by atoms with van der Waals surface area (Å²) in [7, 11) is 0. The summed E-state index contributed by atoms with van der Waals surface area (Å²) in [5.41, 5.74) is 0.669. The van der Waals surface area contributed by atoms with E-state index in [2.05, 4.69) is 19.2 Å². The fourth-order valence-electron chi connectivity index (χ4n) is 3.16. The van der Waals surface area contributed by atoms with E-state index >= 15 is 0 Å². The first-order valence-corrected chi connectivity index (χ1v) is 9.95. The third kappa shape index (κ3) is 6.56. The van der Waals surface area contributed by atoms with Gasteiger partial charge in [-0.15, -0.1) is 0 Å². The summed E-state index contributed by atoms with van der Waals surface area (Å²) in [5.74, 6) is 1.54. The van der Waals surface area contributed by atoms with Gasteiger partial charge in [-0.1, -0.05) is 46.8 Å². The van der Waals surface area contributed by atoms with Crippen LogP contribution in [0.1, 0.15) is 53.0 Å². The highest BCUT2D eigenvalue weighted by Crippen LogP contribution is 2.24. The van der Waals surface area contributed by atoms with Crippen LogP contribution in [0.25, 0.3) is 0 Å². The van der Waals surface area contributed by atoms with E-state index in [1.807, 2.05) is 49.9 Å². The van der Waals surface area contributed by atoms with E-state index in [1.165, 1.54) is 0 Å². The van der Waals surface area contributed by atoms with E-state index in [4.69, 9.17) is 4.74 Å². The number of carbonyl (C=O) groups is 2. The molecule has 2 amide bonds. The summed E-state index contributed by atoms with van der Waals surface area (Å²) < 4.78 is 5.74. The van der Waals surface area contributed by atoms with E-state index < -0.39 is 0 Å². The molecule has 1 fully saturated rings. The van der Waals surface area contributed by atoms with E-state index in [0.29, 0.717) is 32.2 Å². The van der Waals surface area contributed by atoms with Gasteiger partial charge in [0, 0.05) is 31.0 Å². The molecule has 1 saturated heterocycles. The Bertz CT molecular complexity index is 641. The predicted molar refractivity (Wildman–Crippen MR) is 107 cm³/mol. The number of hydrogen-bond acceptors (Lipinski definition) is 3. The SMILES string of the molecule is CC(C)COc1cccc(CNC(=O)C2CCN(C(=O)C(C)(C)C)CC2)c1. The molecule has 5 nitrogen and oxygen atoms in total. The Morgan fingerprint density at radius 2 is 1.89 bits per heavy atom. The lowest BCUT2D eigenvalue weighted by Crippen LogP contribution is -2.46. The average molecular weight is 375 g/mol. The standard InChI is InChI=1S/C22H34N2O3/c1-16(2)15-27-19-8-6-7-17(13-19)14-23-20(25)18-9-11-24(12-10-18)21(26)22(3,4)5/h6-8,13,16,18H,9-12,14-15H2,1-5H3,(H,23,25). The quantitative estimate of drug-likeness (QED) is 0.827. The molecule has 0 aromatic heterocycles. The second-order valence-electron chi connectivity index (χ2n) is 8.89. The predicted octanol–water partition coefficient (Wildman–Crippen LogP) is 3.62. The number of amides is 2. The Morgan fingerprint density at radius 1 is 1.22 bits per heavy atom. The fourth-order valence-corrected chi connectivity index (χ4v) is 3.16. The summed E-state index contributed by atoms with van der Waals surface area (Å²) in [5, 5.41) is 3.04. The first-order chi connectivity index (χ1) is 12.7. The van der Waals surface area contributed by atoms with Crippen LogP contribution in [0, 0.1) is 17.3 Å². The molecular formula is C22H34N2O3. The van der Waals surface area contributed by atoms with Gasteiger partial charge >= 0.3 is 0 Å². The monoisotopic (exact) mass is 374 g/mol. The zero-order valence-electron chi connectivity index (χ0n) is 17.4. The summed E-state index contributed by atoms with van der Waals surface area (Å²) in [6.45, 7) is 12.5. The van der Waals surface area contributed by atoms with Crippen molar-refractivity contribution in [1.29, 1.82) is 0 Å². The molecule has 0 radical (unpaired) electrons. The van der Waals surface area contributed by atoms with Gasteiger partial charge in [0.2, 0.25) is 11.8 Å². The minimum atomic E-state index is -0.363. The molecule has 1 heterocycles. The van der Waals surface area contributed by atoms with Crippen LogP contribution in [0.2, 0.25) is 0 Å². The molecule has 2 rings (SSSR count). The number of ether oxygens (including phenoxy) is 1. The molecule has 1 aromatic carbocycles. The third-order valence-corrected chi connectivity index (χ3v) is 4.74. The minimum absolute atomic E-state index is 0.0191. The van der Waals surface area contributed by atoms with E-state index in [-0.39, 0.29) is 23.1 Å². The molecule has 0 saturated carbocycles. The van der Waals surface area contributed by atoms with Crippen LogP contribution in [0.15, 0.2) is 24.3 Å². The van der Waals surface area contributed by atoms with Crippen LogP contribution in [0.4, 0.5) is 0 Å². The maximum atomic E-state index is 12.5. The molecule has 1 N–H and O–H groups in total. The number of benzene rings is 1. The van der Waals surface area contributed by atoms with Crippen LogP contribution in [0.3, 0.4) is 0 Å². The topological polar surface area (TPSA) is 58.6 Å². The number of rotatable bonds is 6. The van der Waals surface area contributed by atoms with Gasteiger partial charge in [0.15, 0.2) is 0 Å². The Labute approximate surface area is 163 Å². The summed E-state index contributed by atoms with van der Waals surface area (Å²) in [4.78, 5) is 26.7. The largest absolute Gasteiger partial charge is 0.493 e. The second kappa shape index (κ2) is 9.25. The normalized spacial score (nSPS) is 15.7. The fraction of sp³-hybridized carbons (Fsp3) is 0.636. The number of likely N-dealkylation sites (tertiary alicyclic amines) is 1. The molecule has 0 aliphatic carbocycles. The van der Waals surface area contributed by atoms with Crippen molar-refractivity contribution < 1.29 is 14.3 Å². The highest BCUT2D eigenvalue weighted by Gasteiger charge is 2.32. The lowest BCUT2D eigenvalue weighted by Gasteiger charge is -2.35. The zero-order chi connectivity index (χ0) is 20.0. The Balaban J connectivity index is 1.80.